The molecule has 0 saturated heterocycles. The number of rotatable bonds is 9. The maximum Gasteiger partial charge on any atom is 0.336 e. The van der Waals surface area contributed by atoms with Crippen LogP contribution in [0.2, 0.25) is 5.02 Å². The van der Waals surface area contributed by atoms with E-state index in [0.717, 1.165) is 11.4 Å². The van der Waals surface area contributed by atoms with Gasteiger partial charge in [-0.3, -0.25) is 9.59 Å². The highest BCUT2D eigenvalue weighted by atomic mass is 35.5. The number of nitrogens with two attached hydrogens (primary N) is 1. The van der Waals surface area contributed by atoms with E-state index in [1.807, 2.05) is 12.1 Å². The first kappa shape index (κ1) is 25.9. The fraction of sp³-hybridized carbons (Fsp3) is 0.571. The van der Waals surface area contributed by atoms with Crippen LogP contribution in [0.5, 0.6) is 0 Å². The van der Waals surface area contributed by atoms with Crippen molar-refractivity contribution >= 4 is 29.5 Å². The van der Waals surface area contributed by atoms with Gasteiger partial charge in [0.25, 0.3) is 0 Å². The van der Waals surface area contributed by atoms with Gasteiger partial charge in [0.1, 0.15) is 0 Å². The number of carboxylic acid groups (broad SMARTS) is 3. The normalized spacial score (nSPS) is 16.1. The van der Waals surface area contributed by atoms with Crippen molar-refractivity contribution in [2.24, 2.45) is 11.7 Å². The van der Waals surface area contributed by atoms with Crippen LogP contribution < -0.4 is 5.73 Å². The quantitative estimate of drug-likeness (QED) is 0.389. The molecule has 1 fully saturated rings. The van der Waals surface area contributed by atoms with Gasteiger partial charge in [-0.15, -0.1) is 0 Å². The number of halogens is 1. The Morgan fingerprint density at radius 2 is 1.53 bits per heavy atom. The molecule has 0 bridgehead atoms. The topological polar surface area (TPSA) is 158 Å². The van der Waals surface area contributed by atoms with E-state index in [1.54, 1.807) is 0 Å². The lowest BCUT2D eigenvalue weighted by Gasteiger charge is -2.47. The largest absolute Gasteiger partial charge is 0.481 e. The van der Waals surface area contributed by atoms with Crippen molar-refractivity contribution in [3.63, 3.8) is 0 Å². The van der Waals surface area contributed by atoms with Gasteiger partial charge in [-0.2, -0.15) is 0 Å². The SMILES string of the molecule is CC(C)CC(N)C1(c2ccc(Cl)cc2)CCC1.O=C(O)CC(O)(CC(=O)O)C(=O)O. The maximum absolute atomic E-state index is 10.3. The van der Waals surface area contributed by atoms with Gasteiger partial charge in [-0.1, -0.05) is 44.0 Å². The molecule has 0 radical (unpaired) electrons. The van der Waals surface area contributed by atoms with Gasteiger partial charge >= 0.3 is 17.9 Å². The minimum absolute atomic E-state index is 0.217. The molecule has 9 heteroatoms. The van der Waals surface area contributed by atoms with Gasteiger partial charge in [0.05, 0.1) is 12.8 Å². The number of carbonyl (C=O) groups is 3. The number of aliphatic carboxylic acids is 3. The van der Waals surface area contributed by atoms with E-state index in [1.165, 1.54) is 24.8 Å². The van der Waals surface area contributed by atoms with Crippen LogP contribution in [-0.4, -0.2) is 50.0 Å². The first-order valence-electron chi connectivity index (χ1n) is 9.73. The number of carboxylic acids is 3. The van der Waals surface area contributed by atoms with Crippen LogP contribution in [0.4, 0.5) is 0 Å². The van der Waals surface area contributed by atoms with Gasteiger partial charge in [0.15, 0.2) is 5.60 Å². The summed E-state index contributed by atoms with van der Waals surface area (Å²) in [7, 11) is 0. The number of hydrogen-bond donors (Lipinski definition) is 5. The molecular formula is C21H30ClNO7. The Morgan fingerprint density at radius 1 is 1.07 bits per heavy atom. The zero-order valence-corrected chi connectivity index (χ0v) is 17.9. The van der Waals surface area contributed by atoms with Crippen LogP contribution in [0.25, 0.3) is 0 Å². The molecule has 1 aromatic rings. The molecule has 2 rings (SSSR count). The highest BCUT2D eigenvalue weighted by Crippen LogP contribution is 2.47. The smallest absolute Gasteiger partial charge is 0.336 e. The van der Waals surface area contributed by atoms with Crippen molar-refractivity contribution in [2.75, 3.05) is 0 Å². The maximum atomic E-state index is 10.3. The van der Waals surface area contributed by atoms with Gasteiger partial charge in [0.2, 0.25) is 0 Å². The summed E-state index contributed by atoms with van der Waals surface area (Å²) in [5.74, 6) is -4.36. The highest BCUT2D eigenvalue weighted by molar-refractivity contribution is 6.30. The van der Waals surface area contributed by atoms with E-state index in [-0.39, 0.29) is 11.5 Å². The fourth-order valence-corrected chi connectivity index (χ4v) is 3.79. The summed E-state index contributed by atoms with van der Waals surface area (Å²) >= 11 is 5.96. The van der Waals surface area contributed by atoms with E-state index in [9.17, 15) is 14.4 Å². The van der Waals surface area contributed by atoms with Crippen molar-refractivity contribution in [1.82, 2.24) is 0 Å². The van der Waals surface area contributed by atoms with E-state index in [2.05, 4.69) is 26.0 Å². The molecule has 1 aliphatic rings. The molecule has 1 aromatic carbocycles. The first-order chi connectivity index (χ1) is 13.8. The molecule has 0 heterocycles. The van der Waals surface area contributed by atoms with E-state index < -0.39 is 36.4 Å². The Morgan fingerprint density at radius 3 is 1.83 bits per heavy atom. The van der Waals surface area contributed by atoms with Crippen LogP contribution in [-0.2, 0) is 19.8 Å². The lowest BCUT2D eigenvalue weighted by atomic mass is 9.59. The minimum atomic E-state index is -2.74. The predicted molar refractivity (Wildman–Crippen MR) is 112 cm³/mol. The molecular weight excluding hydrogens is 414 g/mol. The Labute approximate surface area is 180 Å². The summed E-state index contributed by atoms with van der Waals surface area (Å²) in [6.07, 6.45) is 2.56. The zero-order valence-electron chi connectivity index (χ0n) is 17.2. The summed E-state index contributed by atoms with van der Waals surface area (Å²) in [6.45, 7) is 4.49. The lowest BCUT2D eigenvalue weighted by molar-refractivity contribution is -0.170. The third-order valence-corrected chi connectivity index (χ3v) is 5.64. The van der Waals surface area contributed by atoms with Crippen molar-refractivity contribution in [1.29, 1.82) is 0 Å². The van der Waals surface area contributed by atoms with Crippen LogP contribution in [0.3, 0.4) is 0 Å². The van der Waals surface area contributed by atoms with Crippen molar-refractivity contribution in [3.05, 3.63) is 34.9 Å². The Hall–Kier alpha value is -2.16. The molecule has 1 saturated carbocycles. The van der Waals surface area contributed by atoms with Crippen molar-refractivity contribution < 1.29 is 34.8 Å². The standard InChI is InChI=1S/C15H22ClN.C6H8O7/c1-11(2)10-14(17)15(8-3-9-15)12-4-6-13(16)7-5-12;7-3(8)1-6(13,5(11)12)2-4(9)10/h4-7,11,14H,3,8-10,17H2,1-2H3;13H,1-2H2,(H,7,8)(H,9,10)(H,11,12). The molecule has 0 spiro atoms. The number of aliphatic hydroxyl groups is 1. The molecule has 0 aromatic heterocycles. The Kier molecular flexibility index (Phi) is 9.27. The average Bonchev–Trinajstić information content (AvgIpc) is 2.53. The zero-order chi connectivity index (χ0) is 23.1. The molecule has 168 valence electrons. The molecule has 1 unspecified atom stereocenters. The van der Waals surface area contributed by atoms with Gasteiger partial charge in [-0.05, 0) is 42.9 Å². The Balaban J connectivity index is 0.000000314. The van der Waals surface area contributed by atoms with Crippen molar-refractivity contribution in [3.8, 4) is 0 Å². The van der Waals surface area contributed by atoms with Crippen molar-refractivity contribution in [2.45, 2.75) is 69.4 Å². The molecule has 0 amide bonds. The van der Waals surface area contributed by atoms with E-state index >= 15 is 0 Å². The predicted octanol–water partition coefficient (Wildman–Crippen LogP) is 2.89. The summed E-state index contributed by atoms with van der Waals surface area (Å²) in [4.78, 5) is 30.5. The molecule has 0 aliphatic heterocycles. The molecule has 8 nitrogen and oxygen atoms in total. The second-order valence-corrected chi connectivity index (χ2v) is 8.67. The van der Waals surface area contributed by atoms with Gasteiger partial charge in [-0.25, -0.2) is 4.79 Å². The van der Waals surface area contributed by atoms with Gasteiger partial charge < -0.3 is 26.2 Å². The summed E-state index contributed by atoms with van der Waals surface area (Å²) in [5.41, 5.74) is 5.31. The first-order valence-corrected chi connectivity index (χ1v) is 10.1. The summed E-state index contributed by atoms with van der Waals surface area (Å²) < 4.78 is 0. The molecule has 30 heavy (non-hydrogen) atoms. The van der Waals surface area contributed by atoms with Gasteiger partial charge in [0, 0.05) is 16.5 Å². The molecule has 1 atom stereocenters. The van der Waals surface area contributed by atoms with Crippen LogP contribution in [0, 0.1) is 5.92 Å². The van der Waals surface area contributed by atoms with Crippen LogP contribution >= 0.6 is 11.6 Å². The number of benzene rings is 1. The third kappa shape index (κ3) is 6.97. The highest BCUT2D eigenvalue weighted by Gasteiger charge is 2.43. The van der Waals surface area contributed by atoms with Crippen LogP contribution in [0.1, 0.15) is 57.9 Å². The minimum Gasteiger partial charge on any atom is -0.481 e. The Bertz CT molecular complexity index is 728. The number of hydrogen-bond acceptors (Lipinski definition) is 5. The lowest BCUT2D eigenvalue weighted by Crippen LogP contribution is -2.50. The van der Waals surface area contributed by atoms with E-state index in [0.29, 0.717) is 5.92 Å². The fourth-order valence-electron chi connectivity index (χ4n) is 3.66. The van der Waals surface area contributed by atoms with E-state index in [4.69, 9.17) is 37.8 Å². The second-order valence-electron chi connectivity index (χ2n) is 8.23. The third-order valence-electron chi connectivity index (χ3n) is 5.39. The molecule has 1 aliphatic carbocycles. The second kappa shape index (κ2) is 10.7. The molecule has 6 N–H and O–H groups in total. The average molecular weight is 444 g/mol. The summed E-state index contributed by atoms with van der Waals surface area (Å²) in [5, 5.41) is 34.6. The van der Waals surface area contributed by atoms with Crippen LogP contribution in [0.15, 0.2) is 24.3 Å². The summed E-state index contributed by atoms with van der Waals surface area (Å²) in [6, 6.07) is 8.55. The monoisotopic (exact) mass is 443 g/mol.